The van der Waals surface area contributed by atoms with Gasteiger partial charge in [-0.1, -0.05) is 29.0 Å². The lowest BCUT2D eigenvalue weighted by molar-refractivity contribution is 0.102. The normalized spacial score (nSPS) is 10.9. The molecule has 0 aliphatic heterocycles. The van der Waals surface area contributed by atoms with Crippen molar-refractivity contribution in [3.05, 3.63) is 57.9 Å². The number of nitrogens with one attached hydrogen (secondary N) is 1. The maximum atomic E-state index is 13.8. The first-order valence-corrected chi connectivity index (χ1v) is 7.77. The monoisotopic (exact) mass is 334 g/mol. The summed E-state index contributed by atoms with van der Waals surface area (Å²) in [6.07, 6.45) is 0. The quantitative estimate of drug-likeness (QED) is 0.719. The van der Waals surface area contributed by atoms with Gasteiger partial charge in [0.2, 0.25) is 0 Å². The van der Waals surface area contributed by atoms with E-state index in [1.165, 1.54) is 23.5 Å². The van der Waals surface area contributed by atoms with Crippen molar-refractivity contribution < 1.29 is 9.18 Å². The molecule has 0 spiro atoms. The predicted octanol–water partition coefficient (Wildman–Crippen LogP) is 4.96. The Kier molecular flexibility index (Phi) is 3.85. The van der Waals surface area contributed by atoms with E-state index < -0.39 is 11.7 Å². The highest BCUT2D eigenvalue weighted by atomic mass is 35.5. The molecule has 3 rings (SSSR count). The summed E-state index contributed by atoms with van der Waals surface area (Å²) in [6, 6.07) is 7.99. The third-order valence-electron chi connectivity index (χ3n) is 3.23. The third-order valence-corrected chi connectivity index (χ3v) is 4.38. The van der Waals surface area contributed by atoms with E-state index >= 15 is 0 Å². The second-order valence-corrected chi connectivity index (χ2v) is 6.49. The van der Waals surface area contributed by atoms with Crippen LogP contribution in [0.1, 0.15) is 21.5 Å². The molecule has 1 aromatic heterocycles. The number of benzene rings is 2. The van der Waals surface area contributed by atoms with Crippen LogP contribution in [-0.4, -0.2) is 10.9 Å². The average Bonchev–Trinajstić information content (AvgIpc) is 2.81. The van der Waals surface area contributed by atoms with Crippen LogP contribution in [0, 0.1) is 19.7 Å². The number of carbonyl (C=O) groups is 1. The lowest BCUT2D eigenvalue weighted by Gasteiger charge is -2.03. The first-order chi connectivity index (χ1) is 10.4. The topological polar surface area (TPSA) is 42.0 Å². The number of aryl methyl sites for hydroxylation is 2. The second-order valence-electron chi connectivity index (χ2n) is 5.03. The molecule has 112 valence electrons. The van der Waals surface area contributed by atoms with Crippen LogP contribution in [0.4, 0.5) is 9.52 Å². The van der Waals surface area contributed by atoms with Crippen molar-refractivity contribution in [3.63, 3.8) is 0 Å². The molecule has 0 fully saturated rings. The molecule has 1 amide bonds. The van der Waals surface area contributed by atoms with Gasteiger partial charge in [-0.25, -0.2) is 9.37 Å². The number of halogens is 2. The van der Waals surface area contributed by atoms with Crippen molar-refractivity contribution in [2.45, 2.75) is 13.8 Å². The molecule has 6 heteroatoms. The van der Waals surface area contributed by atoms with Gasteiger partial charge in [0.25, 0.3) is 5.91 Å². The molecule has 0 saturated heterocycles. The van der Waals surface area contributed by atoms with Crippen LogP contribution in [0.25, 0.3) is 10.2 Å². The highest BCUT2D eigenvalue weighted by molar-refractivity contribution is 7.22. The molecule has 0 aliphatic rings. The fraction of sp³-hybridized carbons (Fsp3) is 0.125. The Balaban J connectivity index is 1.92. The molecule has 0 atom stereocenters. The fourth-order valence-corrected chi connectivity index (χ4v) is 3.46. The third kappa shape index (κ3) is 2.82. The van der Waals surface area contributed by atoms with Gasteiger partial charge in [-0.05, 0) is 49.2 Å². The summed E-state index contributed by atoms with van der Waals surface area (Å²) in [5.41, 5.74) is 2.97. The van der Waals surface area contributed by atoms with Crippen LogP contribution in [0.15, 0.2) is 30.3 Å². The van der Waals surface area contributed by atoms with Gasteiger partial charge >= 0.3 is 0 Å². The van der Waals surface area contributed by atoms with E-state index in [2.05, 4.69) is 10.3 Å². The Morgan fingerprint density at radius 2 is 2.05 bits per heavy atom. The molecular weight excluding hydrogens is 323 g/mol. The largest absolute Gasteiger partial charge is 0.298 e. The molecule has 1 heterocycles. The number of hydrogen-bond acceptors (Lipinski definition) is 3. The van der Waals surface area contributed by atoms with Crippen molar-refractivity contribution in [2.75, 3.05) is 5.32 Å². The predicted molar refractivity (Wildman–Crippen MR) is 88.5 cm³/mol. The van der Waals surface area contributed by atoms with Crippen molar-refractivity contribution in [3.8, 4) is 0 Å². The van der Waals surface area contributed by atoms with Gasteiger partial charge in [0.05, 0.1) is 15.8 Å². The minimum Gasteiger partial charge on any atom is -0.298 e. The Bertz CT molecular complexity index is 891. The van der Waals surface area contributed by atoms with E-state index in [-0.39, 0.29) is 10.6 Å². The maximum absolute atomic E-state index is 13.8. The number of hydrogen-bond donors (Lipinski definition) is 1. The van der Waals surface area contributed by atoms with Gasteiger partial charge in [-0.2, -0.15) is 0 Å². The van der Waals surface area contributed by atoms with Crippen LogP contribution in [-0.2, 0) is 0 Å². The minimum atomic E-state index is -0.655. The zero-order chi connectivity index (χ0) is 15.9. The van der Waals surface area contributed by atoms with Gasteiger partial charge in [-0.3, -0.25) is 10.1 Å². The average molecular weight is 335 g/mol. The SMILES string of the molecule is Cc1cc(C)c2nc(NC(=O)c3ccc(Cl)cc3F)sc2c1. The van der Waals surface area contributed by atoms with Crippen LogP contribution in [0.5, 0.6) is 0 Å². The van der Waals surface area contributed by atoms with Crippen LogP contribution in [0.2, 0.25) is 5.02 Å². The fourth-order valence-electron chi connectivity index (χ4n) is 2.26. The summed E-state index contributed by atoms with van der Waals surface area (Å²) in [7, 11) is 0. The van der Waals surface area contributed by atoms with Gasteiger partial charge in [0.15, 0.2) is 5.13 Å². The number of fused-ring (bicyclic) bond motifs is 1. The van der Waals surface area contributed by atoms with Crippen molar-refractivity contribution in [2.24, 2.45) is 0 Å². The molecule has 2 aromatic carbocycles. The molecule has 22 heavy (non-hydrogen) atoms. The van der Waals surface area contributed by atoms with Crippen molar-refractivity contribution >= 4 is 44.2 Å². The highest BCUT2D eigenvalue weighted by Crippen LogP contribution is 2.29. The smallest absolute Gasteiger partial charge is 0.260 e. The van der Waals surface area contributed by atoms with Crippen LogP contribution >= 0.6 is 22.9 Å². The lowest BCUT2D eigenvalue weighted by atomic mass is 10.1. The van der Waals surface area contributed by atoms with Crippen LogP contribution < -0.4 is 5.32 Å². The lowest BCUT2D eigenvalue weighted by Crippen LogP contribution is -2.13. The summed E-state index contributed by atoms with van der Waals surface area (Å²) < 4.78 is 14.8. The number of carbonyl (C=O) groups excluding carboxylic acids is 1. The Morgan fingerprint density at radius 3 is 2.77 bits per heavy atom. The molecule has 0 saturated carbocycles. The van der Waals surface area contributed by atoms with E-state index in [0.29, 0.717) is 5.13 Å². The standard InChI is InChI=1S/C16H12ClFN2OS/c1-8-5-9(2)14-13(6-8)22-16(19-14)20-15(21)11-4-3-10(17)7-12(11)18/h3-7H,1-2H3,(H,19,20,21). The highest BCUT2D eigenvalue weighted by Gasteiger charge is 2.15. The van der Waals surface area contributed by atoms with E-state index in [1.807, 2.05) is 26.0 Å². The summed E-state index contributed by atoms with van der Waals surface area (Å²) in [5, 5.41) is 3.34. The molecule has 0 radical (unpaired) electrons. The number of aromatic nitrogens is 1. The summed E-state index contributed by atoms with van der Waals surface area (Å²) in [4.78, 5) is 16.6. The molecule has 1 N–H and O–H groups in total. The van der Waals surface area contributed by atoms with Gasteiger partial charge in [0.1, 0.15) is 5.82 Å². The molecule has 3 aromatic rings. The number of rotatable bonds is 2. The van der Waals surface area contributed by atoms with Crippen molar-refractivity contribution in [1.29, 1.82) is 0 Å². The molecular formula is C16H12ClFN2OS. The van der Waals surface area contributed by atoms with E-state index in [4.69, 9.17) is 11.6 Å². The number of amides is 1. The van der Waals surface area contributed by atoms with Gasteiger partial charge in [-0.15, -0.1) is 0 Å². The van der Waals surface area contributed by atoms with Gasteiger partial charge in [0, 0.05) is 5.02 Å². The molecule has 0 aliphatic carbocycles. The van der Waals surface area contributed by atoms with Crippen LogP contribution in [0.3, 0.4) is 0 Å². The molecule has 0 bridgehead atoms. The molecule has 0 unspecified atom stereocenters. The zero-order valence-electron chi connectivity index (χ0n) is 11.9. The second kappa shape index (κ2) is 5.66. The summed E-state index contributed by atoms with van der Waals surface area (Å²) in [5.74, 6) is -1.19. The van der Waals surface area contributed by atoms with Crippen molar-refractivity contribution in [1.82, 2.24) is 4.98 Å². The van der Waals surface area contributed by atoms with Gasteiger partial charge < -0.3 is 0 Å². The number of thiazole rings is 1. The molecule has 3 nitrogen and oxygen atoms in total. The number of anilines is 1. The summed E-state index contributed by atoms with van der Waals surface area (Å²) in [6.45, 7) is 3.98. The Labute approximate surface area is 135 Å². The van der Waals surface area contributed by atoms with E-state index in [9.17, 15) is 9.18 Å². The Morgan fingerprint density at radius 1 is 1.27 bits per heavy atom. The Hall–Kier alpha value is -1.98. The van der Waals surface area contributed by atoms with E-state index in [0.717, 1.165) is 27.4 Å². The number of nitrogens with zero attached hydrogens (tertiary/aromatic N) is 1. The summed E-state index contributed by atoms with van der Waals surface area (Å²) >= 11 is 7.05. The van der Waals surface area contributed by atoms with E-state index in [1.54, 1.807) is 0 Å². The first kappa shape index (κ1) is 14.9. The minimum absolute atomic E-state index is 0.0587. The maximum Gasteiger partial charge on any atom is 0.260 e. The zero-order valence-corrected chi connectivity index (χ0v) is 13.5. The first-order valence-electron chi connectivity index (χ1n) is 6.58.